The van der Waals surface area contributed by atoms with Crippen molar-refractivity contribution in [3.05, 3.63) is 21.9 Å². The average molecular weight is 204 g/mol. The Labute approximate surface area is 79.7 Å². The number of aliphatic hydroxyl groups excluding tert-OH is 4. The van der Waals surface area contributed by atoms with E-state index in [1.165, 1.54) is 11.3 Å². The molecule has 74 valence electrons. The van der Waals surface area contributed by atoms with Gasteiger partial charge < -0.3 is 20.4 Å². The van der Waals surface area contributed by atoms with Crippen molar-refractivity contribution in [3.63, 3.8) is 0 Å². The molecule has 0 aliphatic rings. The zero-order valence-electron chi connectivity index (χ0n) is 6.92. The predicted molar refractivity (Wildman–Crippen MR) is 48.4 cm³/mol. The molecule has 0 amide bonds. The zero-order valence-corrected chi connectivity index (χ0v) is 7.74. The normalized spacial score (nSPS) is 15.7. The van der Waals surface area contributed by atoms with E-state index in [1.807, 2.05) is 0 Å². The molecule has 0 bridgehead atoms. The van der Waals surface area contributed by atoms with Gasteiger partial charge in [0.25, 0.3) is 0 Å². The summed E-state index contributed by atoms with van der Waals surface area (Å²) < 4.78 is 0. The van der Waals surface area contributed by atoms with Crippen molar-refractivity contribution in [2.24, 2.45) is 0 Å². The third kappa shape index (κ3) is 2.26. The van der Waals surface area contributed by atoms with Crippen molar-refractivity contribution < 1.29 is 20.4 Å². The Kier molecular flexibility index (Phi) is 3.83. The maximum Gasteiger partial charge on any atom is 0.103 e. The van der Waals surface area contributed by atoms with E-state index in [1.54, 1.807) is 10.8 Å². The molecule has 1 rings (SSSR count). The highest BCUT2D eigenvalue weighted by atomic mass is 32.1. The Bertz CT molecular complexity index is 236. The third-order valence-corrected chi connectivity index (χ3v) is 2.57. The van der Waals surface area contributed by atoms with Gasteiger partial charge in [-0.25, -0.2) is 0 Å². The SMILES string of the molecule is OCC(O)c1cscc1C(O)CO. The van der Waals surface area contributed by atoms with Crippen LogP contribution < -0.4 is 0 Å². The molecule has 4 nitrogen and oxygen atoms in total. The molecule has 0 saturated heterocycles. The van der Waals surface area contributed by atoms with Crippen LogP contribution in [0.2, 0.25) is 0 Å². The van der Waals surface area contributed by atoms with Crippen LogP contribution in [-0.4, -0.2) is 33.6 Å². The smallest absolute Gasteiger partial charge is 0.103 e. The molecule has 1 aromatic rings. The summed E-state index contributed by atoms with van der Waals surface area (Å²) in [6.45, 7) is -0.774. The first-order chi connectivity index (χ1) is 6.20. The number of thiophene rings is 1. The summed E-state index contributed by atoms with van der Waals surface area (Å²) >= 11 is 1.31. The minimum atomic E-state index is -0.984. The van der Waals surface area contributed by atoms with Crippen LogP contribution in [0.1, 0.15) is 23.3 Å². The lowest BCUT2D eigenvalue weighted by Gasteiger charge is -2.11. The molecule has 0 spiro atoms. The molecule has 0 aromatic carbocycles. The van der Waals surface area contributed by atoms with Crippen molar-refractivity contribution in [1.29, 1.82) is 0 Å². The van der Waals surface area contributed by atoms with Gasteiger partial charge in [-0.2, -0.15) is 11.3 Å². The quantitative estimate of drug-likeness (QED) is 0.547. The lowest BCUT2D eigenvalue weighted by atomic mass is 10.0. The first kappa shape index (κ1) is 10.6. The van der Waals surface area contributed by atoms with Gasteiger partial charge >= 0.3 is 0 Å². The van der Waals surface area contributed by atoms with Gasteiger partial charge in [0.2, 0.25) is 0 Å². The van der Waals surface area contributed by atoms with E-state index >= 15 is 0 Å². The molecule has 0 fully saturated rings. The monoisotopic (exact) mass is 204 g/mol. The van der Waals surface area contributed by atoms with E-state index < -0.39 is 12.2 Å². The fourth-order valence-electron chi connectivity index (χ4n) is 1.06. The molecular weight excluding hydrogens is 192 g/mol. The second-order valence-corrected chi connectivity index (χ2v) is 3.42. The molecule has 0 aliphatic heterocycles. The molecule has 0 saturated carbocycles. The summed E-state index contributed by atoms with van der Waals surface area (Å²) in [6.07, 6.45) is -1.97. The maximum absolute atomic E-state index is 9.31. The Morgan fingerprint density at radius 3 is 1.69 bits per heavy atom. The Balaban J connectivity index is 2.88. The fourth-order valence-corrected chi connectivity index (χ4v) is 2.00. The molecule has 1 aromatic heterocycles. The van der Waals surface area contributed by atoms with Gasteiger partial charge in [-0.3, -0.25) is 0 Å². The number of hydrogen-bond acceptors (Lipinski definition) is 5. The molecular formula is C8H12O4S. The Morgan fingerprint density at radius 2 is 1.38 bits per heavy atom. The predicted octanol–water partition coefficient (Wildman–Crippen LogP) is -0.200. The standard InChI is InChI=1S/C8H12O4S/c9-1-7(11)5-3-13-4-6(5)8(12)2-10/h3-4,7-12H,1-2H2. The molecule has 5 heteroatoms. The van der Waals surface area contributed by atoms with E-state index in [-0.39, 0.29) is 13.2 Å². The first-order valence-corrected chi connectivity index (χ1v) is 4.78. The van der Waals surface area contributed by atoms with Crippen molar-refractivity contribution in [1.82, 2.24) is 0 Å². The summed E-state index contributed by atoms with van der Waals surface area (Å²) in [5, 5.41) is 39.3. The van der Waals surface area contributed by atoms with E-state index in [0.717, 1.165) is 0 Å². The second-order valence-electron chi connectivity index (χ2n) is 2.68. The largest absolute Gasteiger partial charge is 0.393 e. The lowest BCUT2D eigenvalue weighted by Crippen LogP contribution is -2.09. The summed E-state index contributed by atoms with van der Waals surface area (Å²) in [4.78, 5) is 0. The summed E-state index contributed by atoms with van der Waals surface area (Å²) in [7, 11) is 0. The molecule has 13 heavy (non-hydrogen) atoms. The van der Waals surface area contributed by atoms with Crippen LogP contribution in [0.4, 0.5) is 0 Å². The minimum Gasteiger partial charge on any atom is -0.393 e. The molecule has 1 heterocycles. The average Bonchev–Trinajstić information content (AvgIpc) is 2.63. The lowest BCUT2D eigenvalue weighted by molar-refractivity contribution is 0.0782. The third-order valence-electron chi connectivity index (χ3n) is 1.79. The van der Waals surface area contributed by atoms with Crippen molar-refractivity contribution >= 4 is 11.3 Å². The summed E-state index contributed by atoms with van der Waals surface area (Å²) in [5.41, 5.74) is 0.961. The van der Waals surface area contributed by atoms with Crippen molar-refractivity contribution in [3.8, 4) is 0 Å². The number of aliphatic hydroxyl groups is 4. The van der Waals surface area contributed by atoms with Gasteiger partial charge in [-0.15, -0.1) is 0 Å². The van der Waals surface area contributed by atoms with Gasteiger partial charge in [-0.1, -0.05) is 0 Å². The summed E-state index contributed by atoms with van der Waals surface area (Å²) in [6, 6.07) is 0. The van der Waals surface area contributed by atoms with E-state index in [0.29, 0.717) is 11.1 Å². The minimum absolute atomic E-state index is 0.387. The highest BCUT2D eigenvalue weighted by Gasteiger charge is 2.17. The van der Waals surface area contributed by atoms with Crippen molar-refractivity contribution in [2.75, 3.05) is 13.2 Å². The topological polar surface area (TPSA) is 80.9 Å². The number of rotatable bonds is 4. The Morgan fingerprint density at radius 1 is 1.00 bits per heavy atom. The van der Waals surface area contributed by atoms with E-state index in [4.69, 9.17) is 10.2 Å². The van der Waals surface area contributed by atoms with Crippen LogP contribution in [0.15, 0.2) is 10.8 Å². The first-order valence-electron chi connectivity index (χ1n) is 3.84. The van der Waals surface area contributed by atoms with Crippen LogP contribution in [0, 0.1) is 0 Å². The molecule has 0 aliphatic carbocycles. The molecule has 0 radical (unpaired) electrons. The van der Waals surface area contributed by atoms with Gasteiger partial charge in [0.1, 0.15) is 12.2 Å². The Hall–Kier alpha value is -0.460. The van der Waals surface area contributed by atoms with Crippen LogP contribution in [0.3, 0.4) is 0 Å². The van der Waals surface area contributed by atoms with Crippen LogP contribution in [-0.2, 0) is 0 Å². The van der Waals surface area contributed by atoms with Crippen LogP contribution in [0.25, 0.3) is 0 Å². The highest BCUT2D eigenvalue weighted by Crippen LogP contribution is 2.27. The highest BCUT2D eigenvalue weighted by molar-refractivity contribution is 7.08. The van der Waals surface area contributed by atoms with Gasteiger partial charge in [-0.05, 0) is 21.9 Å². The summed E-state index contributed by atoms with van der Waals surface area (Å²) in [5.74, 6) is 0. The van der Waals surface area contributed by atoms with Crippen molar-refractivity contribution in [2.45, 2.75) is 12.2 Å². The second kappa shape index (κ2) is 4.69. The number of hydrogen-bond donors (Lipinski definition) is 4. The maximum atomic E-state index is 9.31. The fraction of sp³-hybridized carbons (Fsp3) is 0.500. The van der Waals surface area contributed by atoms with Gasteiger partial charge in [0.15, 0.2) is 0 Å². The van der Waals surface area contributed by atoms with Gasteiger partial charge in [0.05, 0.1) is 13.2 Å². The zero-order chi connectivity index (χ0) is 9.84. The molecule has 2 unspecified atom stereocenters. The van der Waals surface area contributed by atoms with E-state index in [9.17, 15) is 10.2 Å². The van der Waals surface area contributed by atoms with Gasteiger partial charge in [0, 0.05) is 0 Å². The molecule has 4 N–H and O–H groups in total. The van der Waals surface area contributed by atoms with E-state index in [2.05, 4.69) is 0 Å². The van der Waals surface area contributed by atoms with Crippen LogP contribution >= 0.6 is 11.3 Å². The van der Waals surface area contributed by atoms with Crippen LogP contribution in [0.5, 0.6) is 0 Å². The molecule has 2 atom stereocenters.